The lowest BCUT2D eigenvalue weighted by Crippen LogP contribution is -2.09. The minimum absolute atomic E-state index is 0.0386. The molecule has 0 bridgehead atoms. The largest absolute Gasteiger partial charge is 0.436 e. The molecule has 0 N–H and O–H groups in total. The van der Waals surface area contributed by atoms with E-state index in [0.29, 0.717) is 12.3 Å². The third-order valence-corrected chi connectivity index (χ3v) is 4.60. The van der Waals surface area contributed by atoms with E-state index < -0.39 is 0 Å². The molecule has 126 valence electrons. The molecule has 4 aromatic rings. The van der Waals surface area contributed by atoms with E-state index in [4.69, 9.17) is 4.42 Å². The normalized spacial score (nSPS) is 11.7. The molecule has 0 atom stereocenters. The molecular weight excluding hydrogens is 312 g/mol. The highest BCUT2D eigenvalue weighted by atomic mass is 16.3. The minimum atomic E-state index is 0.0386. The van der Waals surface area contributed by atoms with Gasteiger partial charge in [-0.15, -0.1) is 0 Å². The number of hydrogen-bond acceptors (Lipinski definition) is 3. The Morgan fingerprint density at radius 3 is 2.80 bits per heavy atom. The van der Waals surface area contributed by atoms with Crippen molar-refractivity contribution in [3.05, 3.63) is 54.2 Å². The van der Waals surface area contributed by atoms with Crippen molar-refractivity contribution in [2.75, 3.05) is 0 Å². The van der Waals surface area contributed by atoms with Crippen LogP contribution in [-0.4, -0.2) is 15.3 Å². The van der Waals surface area contributed by atoms with Crippen LogP contribution in [0.1, 0.15) is 19.4 Å². The zero-order valence-corrected chi connectivity index (χ0v) is 14.6. The van der Waals surface area contributed by atoms with E-state index >= 15 is 0 Å². The van der Waals surface area contributed by atoms with Gasteiger partial charge in [0, 0.05) is 36.5 Å². The van der Waals surface area contributed by atoms with Crippen molar-refractivity contribution in [1.29, 1.82) is 0 Å². The first kappa shape index (κ1) is 15.6. The first-order valence-electron chi connectivity index (χ1n) is 8.49. The third kappa shape index (κ3) is 2.74. The number of Topliss-reactive ketones (excluding diaryl/α,β-unsaturated/α-hetero) is 1. The summed E-state index contributed by atoms with van der Waals surface area (Å²) in [4.78, 5) is 16.6. The van der Waals surface area contributed by atoms with E-state index in [1.54, 1.807) is 0 Å². The maximum Gasteiger partial charge on any atom is 0.229 e. The summed E-state index contributed by atoms with van der Waals surface area (Å²) in [6.07, 6.45) is 2.47. The van der Waals surface area contributed by atoms with Crippen molar-refractivity contribution in [1.82, 2.24) is 9.55 Å². The Bertz CT molecular complexity index is 1090. The Kier molecular flexibility index (Phi) is 3.68. The standard InChI is InChI=1S/C21H20N2O2/c1-13(2)19(24)10-14-8-9-17-20(11-14)25-21(22-17)16-12-23(3)18-7-5-4-6-15(16)18/h4-9,11-13H,10H2,1-3H3. The summed E-state index contributed by atoms with van der Waals surface area (Å²) >= 11 is 0. The molecule has 4 rings (SSSR count). The Hall–Kier alpha value is -2.88. The highest BCUT2D eigenvalue weighted by Crippen LogP contribution is 2.32. The van der Waals surface area contributed by atoms with Gasteiger partial charge >= 0.3 is 0 Å². The van der Waals surface area contributed by atoms with Crippen LogP contribution in [-0.2, 0) is 18.3 Å². The molecule has 2 aromatic heterocycles. The van der Waals surface area contributed by atoms with Crippen LogP contribution in [0.2, 0.25) is 0 Å². The second-order valence-corrected chi connectivity index (χ2v) is 6.79. The predicted molar refractivity (Wildman–Crippen MR) is 99.5 cm³/mol. The van der Waals surface area contributed by atoms with Gasteiger partial charge in [-0.1, -0.05) is 38.1 Å². The molecular formula is C21H20N2O2. The average molecular weight is 332 g/mol. The van der Waals surface area contributed by atoms with Gasteiger partial charge in [-0.25, -0.2) is 4.98 Å². The lowest BCUT2D eigenvalue weighted by Gasteiger charge is -2.03. The molecule has 0 amide bonds. The van der Waals surface area contributed by atoms with Gasteiger partial charge in [-0.05, 0) is 23.8 Å². The molecule has 0 spiro atoms. The third-order valence-electron chi connectivity index (χ3n) is 4.60. The number of nitrogens with zero attached hydrogens (tertiary/aromatic N) is 2. The molecule has 0 unspecified atom stereocenters. The average Bonchev–Trinajstić information content (AvgIpc) is 3.16. The molecule has 0 radical (unpaired) electrons. The number of aromatic nitrogens is 2. The van der Waals surface area contributed by atoms with Crippen LogP contribution in [0, 0.1) is 5.92 Å². The highest BCUT2D eigenvalue weighted by Gasteiger charge is 2.15. The molecule has 25 heavy (non-hydrogen) atoms. The van der Waals surface area contributed by atoms with E-state index in [9.17, 15) is 4.79 Å². The van der Waals surface area contributed by atoms with Crippen LogP contribution in [0.15, 0.2) is 53.1 Å². The summed E-state index contributed by atoms with van der Waals surface area (Å²) in [7, 11) is 2.02. The Morgan fingerprint density at radius 2 is 2.00 bits per heavy atom. The van der Waals surface area contributed by atoms with Crippen molar-refractivity contribution in [3.8, 4) is 11.5 Å². The van der Waals surface area contributed by atoms with Crippen LogP contribution in [0.4, 0.5) is 0 Å². The highest BCUT2D eigenvalue weighted by molar-refractivity contribution is 5.95. The number of oxazole rings is 1. The fourth-order valence-corrected chi connectivity index (χ4v) is 3.11. The maximum atomic E-state index is 12.0. The van der Waals surface area contributed by atoms with Crippen molar-refractivity contribution >= 4 is 27.8 Å². The maximum absolute atomic E-state index is 12.0. The molecule has 4 heteroatoms. The number of carbonyl (C=O) groups excluding carboxylic acids is 1. The molecule has 4 nitrogen and oxygen atoms in total. The smallest absolute Gasteiger partial charge is 0.229 e. The fraction of sp³-hybridized carbons (Fsp3) is 0.238. The summed E-state index contributed by atoms with van der Waals surface area (Å²) in [5.41, 5.74) is 4.62. The lowest BCUT2D eigenvalue weighted by atomic mass is 10.0. The molecule has 0 aliphatic carbocycles. The quantitative estimate of drug-likeness (QED) is 0.541. The van der Waals surface area contributed by atoms with Crippen LogP contribution < -0.4 is 0 Å². The number of aryl methyl sites for hydroxylation is 1. The molecule has 0 fully saturated rings. The number of benzene rings is 2. The number of carbonyl (C=O) groups is 1. The lowest BCUT2D eigenvalue weighted by molar-refractivity contribution is -0.121. The molecule has 2 heterocycles. The topological polar surface area (TPSA) is 48.0 Å². The summed E-state index contributed by atoms with van der Waals surface area (Å²) in [6.45, 7) is 3.85. The van der Waals surface area contributed by atoms with Crippen molar-refractivity contribution in [2.45, 2.75) is 20.3 Å². The van der Waals surface area contributed by atoms with Gasteiger partial charge in [0.25, 0.3) is 0 Å². The Morgan fingerprint density at radius 1 is 1.20 bits per heavy atom. The Labute approximate surface area is 146 Å². The first-order chi connectivity index (χ1) is 12.0. The number of para-hydroxylation sites is 1. The molecule has 0 aliphatic rings. The van der Waals surface area contributed by atoms with E-state index in [1.807, 2.05) is 57.4 Å². The zero-order valence-electron chi connectivity index (χ0n) is 14.6. The minimum Gasteiger partial charge on any atom is -0.436 e. The number of ketones is 1. The van der Waals surface area contributed by atoms with Crippen molar-refractivity contribution in [3.63, 3.8) is 0 Å². The first-order valence-corrected chi connectivity index (χ1v) is 8.49. The van der Waals surface area contributed by atoms with Crippen LogP contribution >= 0.6 is 0 Å². The number of hydrogen-bond donors (Lipinski definition) is 0. The number of fused-ring (bicyclic) bond motifs is 2. The van der Waals surface area contributed by atoms with Crippen molar-refractivity contribution < 1.29 is 9.21 Å². The molecule has 2 aromatic carbocycles. The van der Waals surface area contributed by atoms with E-state index in [2.05, 4.69) is 21.7 Å². The Balaban J connectivity index is 1.77. The van der Waals surface area contributed by atoms with Crippen molar-refractivity contribution in [2.24, 2.45) is 13.0 Å². The second-order valence-electron chi connectivity index (χ2n) is 6.79. The number of rotatable bonds is 4. The van der Waals surface area contributed by atoms with Gasteiger partial charge in [0.2, 0.25) is 5.89 Å². The SMILES string of the molecule is CC(C)C(=O)Cc1ccc2nc(-c3cn(C)c4ccccc34)oc2c1. The summed E-state index contributed by atoms with van der Waals surface area (Å²) in [6, 6.07) is 14.0. The molecule has 0 saturated carbocycles. The summed E-state index contributed by atoms with van der Waals surface area (Å²) in [5, 5.41) is 1.12. The van der Waals surface area contributed by atoms with Crippen LogP contribution in [0.5, 0.6) is 0 Å². The summed E-state index contributed by atoms with van der Waals surface area (Å²) < 4.78 is 8.10. The van der Waals surface area contributed by atoms with Crippen LogP contribution in [0.25, 0.3) is 33.5 Å². The van der Waals surface area contributed by atoms with E-state index in [-0.39, 0.29) is 11.7 Å². The van der Waals surface area contributed by atoms with E-state index in [1.165, 1.54) is 0 Å². The molecule has 0 aliphatic heterocycles. The predicted octanol–water partition coefficient (Wildman–Crippen LogP) is 4.75. The van der Waals surface area contributed by atoms with E-state index in [0.717, 1.165) is 33.1 Å². The summed E-state index contributed by atoms with van der Waals surface area (Å²) in [5.74, 6) is 0.879. The van der Waals surface area contributed by atoms with Gasteiger partial charge < -0.3 is 8.98 Å². The monoisotopic (exact) mass is 332 g/mol. The van der Waals surface area contributed by atoms with Gasteiger partial charge in [0.05, 0.1) is 5.56 Å². The zero-order chi connectivity index (χ0) is 17.6. The van der Waals surface area contributed by atoms with Crippen LogP contribution in [0.3, 0.4) is 0 Å². The fourth-order valence-electron chi connectivity index (χ4n) is 3.11. The van der Waals surface area contributed by atoms with Gasteiger partial charge in [-0.3, -0.25) is 4.79 Å². The molecule has 0 saturated heterocycles. The second kappa shape index (κ2) is 5.88. The van der Waals surface area contributed by atoms with Gasteiger partial charge in [0.1, 0.15) is 11.3 Å². The van der Waals surface area contributed by atoms with Gasteiger partial charge in [0.15, 0.2) is 5.58 Å². The van der Waals surface area contributed by atoms with Gasteiger partial charge in [-0.2, -0.15) is 0 Å².